The summed E-state index contributed by atoms with van der Waals surface area (Å²) >= 11 is 11.8. The Morgan fingerprint density at radius 2 is 1.69 bits per heavy atom. The van der Waals surface area contributed by atoms with Gasteiger partial charge in [0.05, 0.1) is 10.6 Å². The molecular formula is C25H27Cl2F3N2O3. The maximum Gasteiger partial charge on any atom is 0.417 e. The molecular weight excluding hydrogens is 504 g/mol. The second kappa shape index (κ2) is 10.3. The number of likely N-dealkylation sites (N-methyl/N-ethyl adjacent to an activating group) is 1. The molecule has 5 nitrogen and oxygen atoms in total. The van der Waals surface area contributed by atoms with Gasteiger partial charge in [-0.3, -0.25) is 4.79 Å². The monoisotopic (exact) mass is 530 g/mol. The quantitative estimate of drug-likeness (QED) is 0.434. The summed E-state index contributed by atoms with van der Waals surface area (Å²) in [6.45, 7) is 5.94. The molecule has 35 heavy (non-hydrogen) atoms. The number of hydrogen-bond acceptors (Lipinski definition) is 3. The zero-order valence-corrected chi connectivity index (χ0v) is 21.3. The van der Waals surface area contributed by atoms with Crippen LogP contribution in [0.2, 0.25) is 10.0 Å². The number of alkyl halides is 3. The largest absolute Gasteiger partial charge is 0.444 e. The Morgan fingerprint density at radius 3 is 2.26 bits per heavy atom. The molecule has 3 rings (SSSR count). The molecule has 1 saturated heterocycles. The standard InChI is InChI=1S/C25H27Cl2F3N2O3/c1-24(2,3)35-23(34)32-12-11-21(18(14-32)15-5-8-17(26)9-6-15)31(4)22(33)16-7-10-20(27)19(13-16)25(28,29)30/h5-10,13,18,21H,11-12,14H2,1-4H3/t18-,21+/m0/s1. The Hall–Kier alpha value is -2.45. The minimum atomic E-state index is -4.68. The summed E-state index contributed by atoms with van der Waals surface area (Å²) in [6, 6.07) is 9.83. The molecule has 2 amide bonds. The highest BCUT2D eigenvalue weighted by Gasteiger charge is 2.39. The number of hydrogen-bond donors (Lipinski definition) is 0. The van der Waals surface area contributed by atoms with Crippen LogP contribution in [0.25, 0.3) is 0 Å². The second-order valence-electron chi connectivity index (χ2n) is 9.55. The summed E-state index contributed by atoms with van der Waals surface area (Å²) in [6.07, 6.45) is -4.73. The van der Waals surface area contributed by atoms with Crippen LogP contribution in [0.3, 0.4) is 0 Å². The second-order valence-corrected chi connectivity index (χ2v) is 10.4. The number of halogens is 5. The third-order valence-electron chi connectivity index (χ3n) is 5.86. The van der Waals surface area contributed by atoms with Gasteiger partial charge in [-0.25, -0.2) is 4.79 Å². The van der Waals surface area contributed by atoms with Crippen LogP contribution < -0.4 is 0 Å². The number of carbonyl (C=O) groups excluding carboxylic acids is 2. The molecule has 2 atom stereocenters. The molecule has 0 aliphatic carbocycles. The Labute approximate surface area is 212 Å². The van der Waals surface area contributed by atoms with Crippen molar-refractivity contribution in [2.75, 3.05) is 20.1 Å². The summed E-state index contributed by atoms with van der Waals surface area (Å²) < 4.78 is 45.5. The Bertz CT molecular complexity index is 1080. The van der Waals surface area contributed by atoms with Crippen LogP contribution in [0.15, 0.2) is 42.5 Å². The van der Waals surface area contributed by atoms with Crippen LogP contribution in [-0.4, -0.2) is 53.6 Å². The maximum absolute atomic E-state index is 13.3. The SMILES string of the molecule is CN(C(=O)c1ccc(Cl)c(C(F)(F)F)c1)[C@@H]1CCN(C(=O)OC(C)(C)C)C[C@H]1c1ccc(Cl)cc1. The third kappa shape index (κ3) is 6.61. The average Bonchev–Trinajstić information content (AvgIpc) is 2.76. The number of rotatable bonds is 3. The van der Waals surface area contributed by atoms with E-state index >= 15 is 0 Å². The zero-order valence-electron chi connectivity index (χ0n) is 19.8. The number of benzene rings is 2. The highest BCUT2D eigenvalue weighted by Crippen LogP contribution is 2.36. The van der Waals surface area contributed by atoms with Crippen molar-refractivity contribution in [3.8, 4) is 0 Å². The van der Waals surface area contributed by atoms with Crippen LogP contribution in [0.4, 0.5) is 18.0 Å². The van der Waals surface area contributed by atoms with Crippen LogP contribution in [0.5, 0.6) is 0 Å². The normalized spacial score (nSPS) is 18.8. The number of amides is 2. The molecule has 10 heteroatoms. The van der Waals surface area contributed by atoms with Gasteiger partial charge in [-0.2, -0.15) is 13.2 Å². The fourth-order valence-electron chi connectivity index (χ4n) is 4.16. The minimum absolute atomic E-state index is 0.117. The number of piperidine rings is 1. The zero-order chi connectivity index (χ0) is 26.1. The lowest BCUT2D eigenvalue weighted by Gasteiger charge is -2.43. The molecule has 1 heterocycles. The molecule has 0 aromatic heterocycles. The number of ether oxygens (including phenoxy) is 1. The molecule has 0 unspecified atom stereocenters. The smallest absolute Gasteiger partial charge is 0.417 e. The molecule has 0 N–H and O–H groups in total. The summed E-state index contributed by atoms with van der Waals surface area (Å²) in [5, 5.41) is 0.0665. The van der Waals surface area contributed by atoms with Gasteiger partial charge in [0.25, 0.3) is 5.91 Å². The van der Waals surface area contributed by atoms with Gasteiger partial charge in [-0.1, -0.05) is 35.3 Å². The van der Waals surface area contributed by atoms with Crippen molar-refractivity contribution in [2.45, 2.75) is 50.9 Å². The van der Waals surface area contributed by atoms with Crippen molar-refractivity contribution in [1.82, 2.24) is 9.80 Å². The van der Waals surface area contributed by atoms with Gasteiger partial charge in [0, 0.05) is 42.7 Å². The predicted molar refractivity (Wildman–Crippen MR) is 129 cm³/mol. The van der Waals surface area contributed by atoms with E-state index in [0.717, 1.165) is 17.7 Å². The summed E-state index contributed by atoms with van der Waals surface area (Å²) in [5.41, 5.74) is -0.998. The van der Waals surface area contributed by atoms with E-state index in [0.29, 0.717) is 18.0 Å². The molecule has 0 radical (unpaired) electrons. The summed E-state index contributed by atoms with van der Waals surface area (Å²) in [7, 11) is 1.56. The number of likely N-dealkylation sites (tertiary alicyclic amines) is 1. The third-order valence-corrected chi connectivity index (χ3v) is 6.44. The Morgan fingerprint density at radius 1 is 1.06 bits per heavy atom. The van der Waals surface area contributed by atoms with Crippen molar-refractivity contribution in [1.29, 1.82) is 0 Å². The van der Waals surface area contributed by atoms with Crippen molar-refractivity contribution < 1.29 is 27.5 Å². The lowest BCUT2D eigenvalue weighted by atomic mass is 9.85. The van der Waals surface area contributed by atoms with Crippen LogP contribution in [0.1, 0.15) is 54.6 Å². The van der Waals surface area contributed by atoms with Gasteiger partial charge in [0.1, 0.15) is 5.60 Å². The highest BCUT2D eigenvalue weighted by atomic mass is 35.5. The van der Waals surface area contributed by atoms with Crippen LogP contribution in [-0.2, 0) is 10.9 Å². The summed E-state index contributed by atoms with van der Waals surface area (Å²) in [4.78, 5) is 29.0. The minimum Gasteiger partial charge on any atom is -0.444 e. The van der Waals surface area contributed by atoms with Crippen molar-refractivity contribution >= 4 is 35.2 Å². The van der Waals surface area contributed by atoms with E-state index in [2.05, 4.69) is 0 Å². The first kappa shape index (κ1) is 27.1. The fraction of sp³-hybridized carbons (Fsp3) is 0.440. The van der Waals surface area contributed by atoms with Gasteiger partial charge >= 0.3 is 12.3 Å². The van der Waals surface area contributed by atoms with E-state index < -0.39 is 34.4 Å². The number of nitrogens with zero attached hydrogens (tertiary/aromatic N) is 2. The van der Waals surface area contributed by atoms with Crippen molar-refractivity contribution in [3.05, 3.63) is 69.2 Å². The van der Waals surface area contributed by atoms with E-state index in [9.17, 15) is 22.8 Å². The molecule has 2 aromatic carbocycles. The molecule has 0 saturated carbocycles. The Balaban J connectivity index is 1.90. The highest BCUT2D eigenvalue weighted by molar-refractivity contribution is 6.31. The van der Waals surface area contributed by atoms with E-state index in [1.807, 2.05) is 12.1 Å². The molecule has 1 aliphatic heterocycles. The first-order valence-corrected chi connectivity index (χ1v) is 11.8. The van der Waals surface area contributed by atoms with E-state index in [1.165, 1.54) is 11.0 Å². The maximum atomic E-state index is 13.3. The van der Waals surface area contributed by atoms with Crippen molar-refractivity contribution in [3.63, 3.8) is 0 Å². The van der Waals surface area contributed by atoms with E-state index in [-0.39, 0.29) is 24.1 Å². The molecule has 190 valence electrons. The average molecular weight is 531 g/mol. The van der Waals surface area contributed by atoms with Crippen molar-refractivity contribution in [2.24, 2.45) is 0 Å². The van der Waals surface area contributed by atoms with Crippen LogP contribution in [0, 0.1) is 0 Å². The first-order chi connectivity index (χ1) is 16.2. The van der Waals surface area contributed by atoms with Gasteiger partial charge in [0.15, 0.2) is 0 Å². The summed E-state index contributed by atoms with van der Waals surface area (Å²) in [5.74, 6) is -0.876. The lowest BCUT2D eigenvalue weighted by Crippen LogP contribution is -2.52. The van der Waals surface area contributed by atoms with Crippen LogP contribution >= 0.6 is 23.2 Å². The predicted octanol–water partition coefficient (Wildman–Crippen LogP) is 6.88. The fourth-order valence-corrected chi connectivity index (χ4v) is 4.51. The first-order valence-electron chi connectivity index (χ1n) is 11.0. The van der Waals surface area contributed by atoms with Gasteiger partial charge < -0.3 is 14.5 Å². The molecule has 0 spiro atoms. The topological polar surface area (TPSA) is 49.9 Å². The van der Waals surface area contributed by atoms with E-state index in [4.69, 9.17) is 27.9 Å². The molecule has 2 aromatic rings. The molecule has 1 aliphatic rings. The lowest BCUT2D eigenvalue weighted by molar-refractivity contribution is -0.137. The van der Waals surface area contributed by atoms with Gasteiger partial charge in [0.2, 0.25) is 0 Å². The Kier molecular flexibility index (Phi) is 7.96. The van der Waals surface area contributed by atoms with E-state index in [1.54, 1.807) is 44.9 Å². The molecule has 0 bridgehead atoms. The van der Waals surface area contributed by atoms with Gasteiger partial charge in [-0.05, 0) is 63.1 Å². The van der Waals surface area contributed by atoms with Gasteiger partial charge in [-0.15, -0.1) is 0 Å². The molecule has 1 fully saturated rings. The number of carbonyl (C=O) groups is 2.